The minimum atomic E-state index is -0.199. The van der Waals surface area contributed by atoms with Crippen molar-refractivity contribution in [3.63, 3.8) is 0 Å². The highest BCUT2D eigenvalue weighted by Gasteiger charge is 2.35. The molecular formula is C26H24N4OS2. The number of nitrogens with zero attached hydrogens (tertiary/aromatic N) is 3. The molecule has 0 saturated carbocycles. The van der Waals surface area contributed by atoms with Crippen LogP contribution in [0.1, 0.15) is 41.1 Å². The van der Waals surface area contributed by atoms with Gasteiger partial charge in [0, 0.05) is 11.4 Å². The first-order valence-corrected chi connectivity index (χ1v) is 12.0. The Morgan fingerprint density at radius 3 is 2.48 bits per heavy atom. The van der Waals surface area contributed by atoms with Gasteiger partial charge in [-0.3, -0.25) is 4.90 Å². The lowest BCUT2D eigenvalue weighted by atomic mass is 9.92. The maximum absolute atomic E-state index is 5.84. The summed E-state index contributed by atoms with van der Waals surface area (Å²) in [5, 5.41) is 10.5. The van der Waals surface area contributed by atoms with Crippen molar-refractivity contribution in [2.45, 2.75) is 33.7 Å². The Labute approximate surface area is 202 Å². The molecule has 1 aliphatic rings. The molecule has 5 rings (SSSR count). The van der Waals surface area contributed by atoms with Crippen LogP contribution in [0.3, 0.4) is 0 Å². The molecule has 5 nitrogen and oxygen atoms in total. The van der Waals surface area contributed by atoms with E-state index in [1.54, 1.807) is 11.3 Å². The number of aromatic nitrogens is 2. The fourth-order valence-electron chi connectivity index (χ4n) is 4.06. The summed E-state index contributed by atoms with van der Waals surface area (Å²) in [6.07, 6.45) is 0. The number of rotatable bonds is 4. The van der Waals surface area contributed by atoms with Gasteiger partial charge in [-0.05, 0) is 80.2 Å². The second-order valence-corrected chi connectivity index (χ2v) is 9.63. The van der Waals surface area contributed by atoms with Crippen LogP contribution in [0.4, 0.5) is 5.69 Å². The third kappa shape index (κ3) is 3.98. The number of allylic oxidation sites excluding steroid dienone is 1. The average Bonchev–Trinajstić information content (AvgIpc) is 3.49. The maximum Gasteiger partial charge on any atom is 0.258 e. The molecule has 0 amide bonds. The fourth-order valence-corrected chi connectivity index (χ4v) is 5.07. The number of aryl methyl sites for hydroxylation is 3. The highest BCUT2D eigenvalue weighted by molar-refractivity contribution is 7.80. The normalized spacial score (nSPS) is 16.3. The van der Waals surface area contributed by atoms with Crippen LogP contribution in [0.25, 0.3) is 16.3 Å². The number of hydrogen-bond acceptors (Lipinski definition) is 5. The van der Waals surface area contributed by atoms with Crippen molar-refractivity contribution >= 4 is 39.9 Å². The first-order valence-electron chi connectivity index (χ1n) is 10.8. The van der Waals surface area contributed by atoms with Gasteiger partial charge in [-0.2, -0.15) is 4.98 Å². The molecule has 0 fully saturated rings. The van der Waals surface area contributed by atoms with Crippen molar-refractivity contribution in [3.05, 3.63) is 93.8 Å². The Morgan fingerprint density at radius 2 is 1.79 bits per heavy atom. The van der Waals surface area contributed by atoms with E-state index < -0.39 is 0 Å². The Balaban J connectivity index is 1.67. The molecule has 0 radical (unpaired) electrons. The molecule has 33 heavy (non-hydrogen) atoms. The van der Waals surface area contributed by atoms with Crippen LogP contribution in [0.5, 0.6) is 0 Å². The van der Waals surface area contributed by atoms with Gasteiger partial charge in [0.1, 0.15) is 0 Å². The predicted molar refractivity (Wildman–Crippen MR) is 138 cm³/mol. The number of thiophene rings is 1. The van der Waals surface area contributed by atoms with Crippen LogP contribution >= 0.6 is 23.6 Å². The number of thiocarbonyl (C=S) groups is 1. The second kappa shape index (κ2) is 8.57. The van der Waals surface area contributed by atoms with Crippen LogP contribution in [-0.2, 0) is 0 Å². The minimum absolute atomic E-state index is 0.199. The second-order valence-electron chi connectivity index (χ2n) is 8.30. The van der Waals surface area contributed by atoms with E-state index in [0.717, 1.165) is 27.4 Å². The summed E-state index contributed by atoms with van der Waals surface area (Å²) < 4.78 is 5.82. The SMILES string of the molecule is CC1=C(c2nc(-c3cccs3)no2)C(c2ccc(C)c(C)c2)NC(=S)N1c1ccc(C)cc1. The molecule has 0 spiro atoms. The third-order valence-corrected chi connectivity index (χ3v) is 7.21. The van der Waals surface area contributed by atoms with E-state index in [2.05, 4.69) is 80.6 Å². The van der Waals surface area contributed by atoms with E-state index in [1.807, 2.05) is 22.4 Å². The van der Waals surface area contributed by atoms with Crippen LogP contribution in [0, 0.1) is 20.8 Å². The molecule has 0 bridgehead atoms. The van der Waals surface area contributed by atoms with Crippen molar-refractivity contribution in [3.8, 4) is 10.7 Å². The largest absolute Gasteiger partial charge is 0.351 e. The first kappa shape index (κ1) is 21.6. The van der Waals surface area contributed by atoms with Crippen LogP contribution < -0.4 is 10.2 Å². The molecule has 2 aromatic heterocycles. The molecule has 1 unspecified atom stereocenters. The van der Waals surface area contributed by atoms with Gasteiger partial charge in [-0.15, -0.1) is 11.3 Å². The summed E-state index contributed by atoms with van der Waals surface area (Å²) in [7, 11) is 0. The van der Waals surface area contributed by atoms with Crippen molar-refractivity contribution in [2.24, 2.45) is 0 Å². The Kier molecular flexibility index (Phi) is 5.60. The topological polar surface area (TPSA) is 54.2 Å². The Hall–Kier alpha value is -3.29. The van der Waals surface area contributed by atoms with Crippen molar-refractivity contribution in [1.82, 2.24) is 15.5 Å². The summed E-state index contributed by atoms with van der Waals surface area (Å²) in [5.74, 6) is 1.08. The molecule has 4 aromatic rings. The van der Waals surface area contributed by atoms with Crippen LogP contribution in [-0.4, -0.2) is 15.3 Å². The van der Waals surface area contributed by atoms with Crippen molar-refractivity contribution in [1.29, 1.82) is 0 Å². The van der Waals surface area contributed by atoms with Crippen LogP contribution in [0.2, 0.25) is 0 Å². The summed E-state index contributed by atoms with van der Waals surface area (Å²) >= 11 is 7.43. The Morgan fingerprint density at radius 1 is 1.00 bits per heavy atom. The van der Waals surface area contributed by atoms with Crippen LogP contribution in [0.15, 0.2) is 70.2 Å². The zero-order chi connectivity index (χ0) is 23.1. The van der Waals surface area contributed by atoms with E-state index in [4.69, 9.17) is 21.7 Å². The van der Waals surface area contributed by atoms with E-state index in [1.165, 1.54) is 16.7 Å². The van der Waals surface area contributed by atoms with Gasteiger partial charge in [0.15, 0.2) is 5.11 Å². The lowest BCUT2D eigenvalue weighted by Crippen LogP contribution is -2.46. The molecule has 2 aromatic carbocycles. The molecule has 7 heteroatoms. The number of nitrogens with one attached hydrogen (secondary N) is 1. The molecule has 0 saturated heterocycles. The van der Waals surface area contributed by atoms with Gasteiger partial charge >= 0.3 is 0 Å². The summed E-state index contributed by atoms with van der Waals surface area (Å²) in [6, 6.07) is 18.6. The lowest BCUT2D eigenvalue weighted by molar-refractivity contribution is 0.404. The highest BCUT2D eigenvalue weighted by Crippen LogP contribution is 2.39. The van der Waals surface area contributed by atoms with E-state index in [0.29, 0.717) is 16.8 Å². The molecule has 166 valence electrons. The average molecular weight is 473 g/mol. The van der Waals surface area contributed by atoms with Gasteiger partial charge < -0.3 is 9.84 Å². The van der Waals surface area contributed by atoms with Gasteiger partial charge in [0.05, 0.1) is 16.5 Å². The molecule has 1 aliphatic heterocycles. The molecule has 3 heterocycles. The summed E-state index contributed by atoms with van der Waals surface area (Å²) in [6.45, 7) is 8.37. The zero-order valence-corrected chi connectivity index (χ0v) is 20.6. The van der Waals surface area contributed by atoms with E-state index in [-0.39, 0.29) is 6.04 Å². The van der Waals surface area contributed by atoms with Gasteiger partial charge in [-0.1, -0.05) is 47.1 Å². The quantitative estimate of drug-likeness (QED) is 0.338. The molecule has 1 atom stereocenters. The van der Waals surface area contributed by atoms with Crippen molar-refractivity contribution in [2.75, 3.05) is 4.90 Å². The summed E-state index contributed by atoms with van der Waals surface area (Å²) in [4.78, 5) is 7.79. The third-order valence-electron chi connectivity index (χ3n) is 6.04. The highest BCUT2D eigenvalue weighted by atomic mass is 32.1. The van der Waals surface area contributed by atoms with Gasteiger partial charge in [0.25, 0.3) is 5.89 Å². The fraction of sp³-hybridized carbons (Fsp3) is 0.192. The monoisotopic (exact) mass is 472 g/mol. The van der Waals surface area contributed by atoms with Gasteiger partial charge in [-0.25, -0.2) is 0 Å². The summed E-state index contributed by atoms with van der Waals surface area (Å²) in [5.41, 5.74) is 7.65. The lowest BCUT2D eigenvalue weighted by Gasteiger charge is -2.37. The number of benzene rings is 2. The van der Waals surface area contributed by atoms with E-state index in [9.17, 15) is 0 Å². The maximum atomic E-state index is 5.84. The minimum Gasteiger partial charge on any atom is -0.351 e. The first-order chi connectivity index (χ1) is 15.9. The van der Waals surface area contributed by atoms with Gasteiger partial charge in [0.2, 0.25) is 5.82 Å². The molecule has 1 N–H and O–H groups in total. The van der Waals surface area contributed by atoms with E-state index >= 15 is 0 Å². The number of anilines is 1. The zero-order valence-electron chi connectivity index (χ0n) is 18.9. The predicted octanol–water partition coefficient (Wildman–Crippen LogP) is 6.59. The molecule has 0 aliphatic carbocycles. The number of hydrogen-bond donors (Lipinski definition) is 1. The smallest absolute Gasteiger partial charge is 0.258 e. The standard InChI is InChI=1S/C26H24N4OS2/c1-15-7-11-20(12-8-15)30-18(4)22(25-28-24(29-31-25)21-6-5-13-33-21)23(27-26(30)32)19-10-9-16(2)17(3)14-19/h5-14,23H,1-4H3,(H,27,32). The Bertz CT molecular complexity index is 1350. The molecular weight excluding hydrogens is 448 g/mol. The van der Waals surface area contributed by atoms with Crippen molar-refractivity contribution < 1.29 is 4.52 Å².